The molecular formula is C8H12N4O2. The van der Waals surface area contributed by atoms with Crippen molar-refractivity contribution in [3.8, 4) is 0 Å². The number of rotatable bonds is 4. The van der Waals surface area contributed by atoms with E-state index in [1.54, 1.807) is 0 Å². The van der Waals surface area contributed by atoms with Crippen LogP contribution in [0.1, 0.15) is 31.5 Å². The van der Waals surface area contributed by atoms with Crippen molar-refractivity contribution in [2.45, 2.75) is 37.7 Å². The fourth-order valence-electron chi connectivity index (χ4n) is 2.00. The molecule has 0 unspecified atom stereocenters. The van der Waals surface area contributed by atoms with E-state index in [4.69, 9.17) is 4.74 Å². The zero-order valence-electron chi connectivity index (χ0n) is 7.77. The van der Waals surface area contributed by atoms with E-state index < -0.39 is 0 Å². The van der Waals surface area contributed by atoms with Crippen LogP contribution < -0.4 is 0 Å². The van der Waals surface area contributed by atoms with Crippen molar-refractivity contribution < 1.29 is 9.53 Å². The van der Waals surface area contributed by atoms with Crippen LogP contribution in [-0.2, 0) is 16.0 Å². The van der Waals surface area contributed by atoms with Crippen LogP contribution in [0.4, 0.5) is 0 Å². The molecule has 1 saturated carbocycles. The van der Waals surface area contributed by atoms with Crippen LogP contribution in [0.15, 0.2) is 0 Å². The van der Waals surface area contributed by atoms with E-state index in [0.717, 1.165) is 25.7 Å². The zero-order chi connectivity index (χ0) is 9.86. The van der Waals surface area contributed by atoms with E-state index in [0.29, 0.717) is 18.7 Å². The number of hydrogen-bond acceptors (Lipinski definition) is 5. The van der Waals surface area contributed by atoms with Gasteiger partial charge < -0.3 is 4.74 Å². The van der Waals surface area contributed by atoms with Gasteiger partial charge in [0.2, 0.25) is 0 Å². The summed E-state index contributed by atoms with van der Waals surface area (Å²) in [5, 5.41) is 13.6. The Hall–Kier alpha value is -1.46. The third-order valence-electron chi connectivity index (χ3n) is 2.68. The van der Waals surface area contributed by atoms with E-state index in [2.05, 4.69) is 20.6 Å². The monoisotopic (exact) mass is 196 g/mol. The maximum Gasteiger partial charge on any atom is 0.293 e. The molecule has 0 radical (unpaired) electrons. The molecule has 1 aromatic rings. The Morgan fingerprint density at radius 3 is 2.86 bits per heavy atom. The highest BCUT2D eigenvalue weighted by atomic mass is 16.5. The molecule has 14 heavy (non-hydrogen) atoms. The van der Waals surface area contributed by atoms with E-state index in [1.165, 1.54) is 0 Å². The number of hydrogen-bond donors (Lipinski definition) is 1. The zero-order valence-corrected chi connectivity index (χ0v) is 7.77. The molecule has 1 aliphatic rings. The second-order valence-electron chi connectivity index (χ2n) is 3.61. The third kappa shape index (κ3) is 1.73. The number of ether oxygens (including phenoxy) is 1. The summed E-state index contributed by atoms with van der Waals surface area (Å²) >= 11 is 0. The van der Waals surface area contributed by atoms with Crippen LogP contribution in [0.2, 0.25) is 0 Å². The number of carbonyl (C=O) groups excluding carboxylic acids is 1. The Morgan fingerprint density at radius 2 is 2.29 bits per heavy atom. The number of aromatic amines is 1. The quantitative estimate of drug-likeness (QED) is 0.697. The molecule has 1 aliphatic carbocycles. The third-order valence-corrected chi connectivity index (χ3v) is 2.68. The molecule has 0 aromatic carbocycles. The van der Waals surface area contributed by atoms with Crippen LogP contribution in [-0.4, -0.2) is 32.7 Å². The average Bonchev–Trinajstić information content (AvgIpc) is 2.78. The van der Waals surface area contributed by atoms with Crippen LogP contribution in [0.3, 0.4) is 0 Å². The van der Waals surface area contributed by atoms with E-state index in [1.807, 2.05) is 0 Å². The highest BCUT2D eigenvalue weighted by Gasteiger charge is 2.37. The molecule has 1 fully saturated rings. The molecule has 1 N–H and O–H groups in total. The van der Waals surface area contributed by atoms with Crippen molar-refractivity contribution in [2.75, 3.05) is 0 Å². The van der Waals surface area contributed by atoms with Gasteiger partial charge in [-0.05, 0) is 25.7 Å². The van der Waals surface area contributed by atoms with E-state index in [9.17, 15) is 4.79 Å². The second kappa shape index (κ2) is 3.73. The first-order chi connectivity index (χ1) is 6.85. The maximum atomic E-state index is 10.4. The molecule has 0 saturated heterocycles. The molecular weight excluding hydrogens is 184 g/mol. The highest BCUT2D eigenvalue weighted by Crippen LogP contribution is 2.34. The first-order valence-corrected chi connectivity index (χ1v) is 4.68. The summed E-state index contributed by atoms with van der Waals surface area (Å²) in [6, 6.07) is 0. The van der Waals surface area contributed by atoms with Gasteiger partial charge in [0.25, 0.3) is 6.47 Å². The number of carbonyl (C=O) groups is 1. The van der Waals surface area contributed by atoms with Gasteiger partial charge in [0.1, 0.15) is 5.60 Å². The van der Waals surface area contributed by atoms with Crippen molar-refractivity contribution in [3.63, 3.8) is 0 Å². The Morgan fingerprint density at radius 1 is 1.50 bits per heavy atom. The molecule has 76 valence electrons. The van der Waals surface area contributed by atoms with Crippen molar-refractivity contribution >= 4 is 6.47 Å². The number of nitrogens with one attached hydrogen (secondary N) is 1. The van der Waals surface area contributed by atoms with Gasteiger partial charge in [-0.25, -0.2) is 0 Å². The lowest BCUT2D eigenvalue weighted by molar-refractivity contribution is -0.143. The van der Waals surface area contributed by atoms with Gasteiger partial charge in [0.15, 0.2) is 5.82 Å². The molecule has 1 aromatic heterocycles. The highest BCUT2D eigenvalue weighted by molar-refractivity contribution is 5.38. The molecule has 0 spiro atoms. The predicted molar refractivity (Wildman–Crippen MR) is 46.2 cm³/mol. The summed E-state index contributed by atoms with van der Waals surface area (Å²) in [5.41, 5.74) is -0.383. The van der Waals surface area contributed by atoms with Crippen LogP contribution >= 0.6 is 0 Å². The normalized spacial score (nSPS) is 19.4. The Labute approximate surface area is 81.0 Å². The van der Waals surface area contributed by atoms with Gasteiger partial charge in [-0.3, -0.25) is 4.79 Å². The summed E-state index contributed by atoms with van der Waals surface area (Å²) in [6.45, 7) is 0.519. The molecule has 1 heterocycles. The fraction of sp³-hybridized carbons (Fsp3) is 0.750. The maximum absolute atomic E-state index is 10.4. The molecule has 0 atom stereocenters. The van der Waals surface area contributed by atoms with E-state index in [-0.39, 0.29) is 5.60 Å². The van der Waals surface area contributed by atoms with Crippen LogP contribution in [0.5, 0.6) is 0 Å². The van der Waals surface area contributed by atoms with Gasteiger partial charge in [-0.2, -0.15) is 5.21 Å². The van der Waals surface area contributed by atoms with Gasteiger partial charge >= 0.3 is 0 Å². The molecule has 6 nitrogen and oxygen atoms in total. The van der Waals surface area contributed by atoms with Crippen molar-refractivity contribution in [2.24, 2.45) is 0 Å². The standard InChI is InChI=1S/C8H12N4O2/c13-6-14-8(3-1-2-4-8)5-7-9-11-12-10-7/h6H,1-5H2,(H,9,10,11,12). The average molecular weight is 196 g/mol. The summed E-state index contributed by atoms with van der Waals surface area (Å²) in [5.74, 6) is 0.605. The summed E-state index contributed by atoms with van der Waals surface area (Å²) in [6.07, 6.45) is 4.51. The van der Waals surface area contributed by atoms with Gasteiger partial charge in [0, 0.05) is 0 Å². The first kappa shape index (κ1) is 9.11. The van der Waals surface area contributed by atoms with E-state index >= 15 is 0 Å². The minimum atomic E-state index is -0.383. The lowest BCUT2D eigenvalue weighted by Gasteiger charge is -2.24. The topological polar surface area (TPSA) is 80.8 Å². The lowest BCUT2D eigenvalue weighted by atomic mass is 9.97. The van der Waals surface area contributed by atoms with Crippen molar-refractivity contribution in [1.82, 2.24) is 20.6 Å². The Balaban J connectivity index is 2.07. The minimum Gasteiger partial charge on any atom is -0.461 e. The SMILES string of the molecule is O=COC1(Cc2nn[nH]n2)CCCC1. The second-order valence-corrected chi connectivity index (χ2v) is 3.61. The smallest absolute Gasteiger partial charge is 0.293 e. The van der Waals surface area contributed by atoms with Crippen LogP contribution in [0.25, 0.3) is 0 Å². The van der Waals surface area contributed by atoms with Gasteiger partial charge in [0.05, 0.1) is 6.42 Å². The largest absolute Gasteiger partial charge is 0.461 e. The van der Waals surface area contributed by atoms with Crippen molar-refractivity contribution in [1.29, 1.82) is 0 Å². The molecule has 0 aliphatic heterocycles. The van der Waals surface area contributed by atoms with Crippen LogP contribution in [0, 0.1) is 0 Å². The Bertz CT molecular complexity index is 292. The summed E-state index contributed by atoms with van der Waals surface area (Å²) < 4.78 is 5.16. The molecule has 6 heteroatoms. The lowest BCUT2D eigenvalue weighted by Crippen LogP contribution is -2.31. The molecule has 2 rings (SSSR count). The van der Waals surface area contributed by atoms with Gasteiger partial charge in [-0.1, -0.05) is 5.21 Å². The molecule has 0 bridgehead atoms. The Kier molecular flexibility index (Phi) is 2.43. The van der Waals surface area contributed by atoms with Crippen molar-refractivity contribution in [3.05, 3.63) is 5.82 Å². The number of aromatic nitrogens is 4. The summed E-state index contributed by atoms with van der Waals surface area (Å²) in [4.78, 5) is 10.4. The minimum absolute atomic E-state index is 0.383. The number of H-pyrrole nitrogens is 1. The first-order valence-electron chi connectivity index (χ1n) is 4.68. The predicted octanol–water partition coefficient (Wildman–Crippen LogP) is 0.228. The number of tetrazole rings is 1. The van der Waals surface area contributed by atoms with Gasteiger partial charge in [-0.15, -0.1) is 10.2 Å². The molecule has 0 amide bonds. The number of nitrogens with zero attached hydrogens (tertiary/aromatic N) is 3. The fourth-order valence-corrected chi connectivity index (χ4v) is 2.00. The summed E-state index contributed by atoms with van der Waals surface area (Å²) in [7, 11) is 0.